The summed E-state index contributed by atoms with van der Waals surface area (Å²) < 4.78 is 24.3. The van der Waals surface area contributed by atoms with Gasteiger partial charge in [-0.25, -0.2) is 14.8 Å². The summed E-state index contributed by atoms with van der Waals surface area (Å²) >= 11 is 0. The van der Waals surface area contributed by atoms with E-state index < -0.39 is 5.82 Å². The second-order valence-electron chi connectivity index (χ2n) is 5.52. The second-order valence-corrected chi connectivity index (χ2v) is 5.52. The lowest BCUT2D eigenvalue weighted by molar-refractivity contribution is 0.122. The summed E-state index contributed by atoms with van der Waals surface area (Å²) in [5.74, 6) is 0.408. The fourth-order valence-corrected chi connectivity index (χ4v) is 2.61. The van der Waals surface area contributed by atoms with Crippen molar-refractivity contribution in [2.75, 3.05) is 43.7 Å². The number of aromatic nitrogens is 2. The Morgan fingerprint density at radius 1 is 1.44 bits per heavy atom. The Kier molecular flexibility index (Phi) is 5.44. The first-order valence-corrected chi connectivity index (χ1v) is 8.00. The van der Waals surface area contributed by atoms with Gasteiger partial charge in [0.2, 0.25) is 5.95 Å². The molecule has 1 aromatic rings. The Labute approximate surface area is 144 Å². The highest BCUT2D eigenvalue weighted by Gasteiger charge is 2.18. The number of nitrogens with zero attached hydrogens (tertiary/aromatic N) is 4. The van der Waals surface area contributed by atoms with Crippen LogP contribution in [0.25, 0.3) is 0 Å². The van der Waals surface area contributed by atoms with Crippen LogP contribution in [0.15, 0.2) is 34.5 Å². The molecule has 0 radical (unpaired) electrons. The molecule has 0 saturated carbocycles. The van der Waals surface area contributed by atoms with E-state index in [0.717, 1.165) is 12.6 Å². The van der Waals surface area contributed by atoms with E-state index in [4.69, 9.17) is 9.47 Å². The van der Waals surface area contributed by atoms with Crippen LogP contribution in [0.1, 0.15) is 12.8 Å². The minimum absolute atomic E-state index is 0.0633. The van der Waals surface area contributed by atoms with Crippen molar-refractivity contribution < 1.29 is 19.0 Å². The number of anilines is 2. The van der Waals surface area contributed by atoms with Crippen molar-refractivity contribution in [2.45, 2.75) is 12.8 Å². The smallest absolute Gasteiger partial charge is 0.245 e. The molecule has 1 aliphatic carbocycles. The molecule has 1 aliphatic heterocycles. The molecule has 0 amide bonds. The third-order valence-corrected chi connectivity index (χ3v) is 3.92. The molecule has 9 heteroatoms. The van der Waals surface area contributed by atoms with Gasteiger partial charge in [-0.05, 0) is 18.9 Å². The summed E-state index contributed by atoms with van der Waals surface area (Å²) in [4.78, 5) is 9.86. The van der Waals surface area contributed by atoms with Gasteiger partial charge in [-0.1, -0.05) is 0 Å². The zero-order valence-electron chi connectivity index (χ0n) is 13.9. The molecule has 25 heavy (non-hydrogen) atoms. The van der Waals surface area contributed by atoms with Crippen LogP contribution < -0.4 is 10.3 Å². The van der Waals surface area contributed by atoms with Crippen LogP contribution in [0.4, 0.5) is 16.2 Å². The number of nitrogens with one attached hydrogen (secondary N) is 1. The van der Waals surface area contributed by atoms with Crippen molar-refractivity contribution >= 4 is 18.0 Å². The Morgan fingerprint density at radius 3 is 3.00 bits per heavy atom. The predicted octanol–water partition coefficient (Wildman–Crippen LogP) is 1.99. The van der Waals surface area contributed by atoms with Crippen LogP contribution in [-0.2, 0) is 9.47 Å². The summed E-state index contributed by atoms with van der Waals surface area (Å²) in [6.07, 6.45) is 5.81. The van der Waals surface area contributed by atoms with Crippen molar-refractivity contribution in [3.63, 3.8) is 0 Å². The molecule has 0 atom stereocenters. The number of allylic oxidation sites excluding steroid dienone is 2. The molecule has 0 aromatic carbocycles. The maximum atomic E-state index is 14.0. The number of hydrogen-bond acceptors (Lipinski definition) is 8. The number of hydrazone groups is 1. The standard InChI is InChI=1S/C16H20FN5O3/c1-24-13-4-2-3-11(14(13)23)9-19-21-16-18-10-12(17)15(20-16)22-5-7-25-8-6-22/h4,9-10,23H,2-3,5-8H2,1H3,(H,18,20,21)/b19-9-. The first kappa shape index (κ1) is 17.2. The fourth-order valence-electron chi connectivity index (χ4n) is 2.61. The summed E-state index contributed by atoms with van der Waals surface area (Å²) in [5.41, 5.74) is 3.31. The van der Waals surface area contributed by atoms with E-state index in [9.17, 15) is 9.50 Å². The van der Waals surface area contributed by atoms with Crippen molar-refractivity contribution in [1.82, 2.24) is 9.97 Å². The minimum Gasteiger partial charge on any atom is -0.504 e. The van der Waals surface area contributed by atoms with E-state index in [2.05, 4.69) is 20.5 Å². The molecule has 2 heterocycles. The molecule has 1 saturated heterocycles. The number of aliphatic hydroxyl groups excluding tert-OH is 1. The van der Waals surface area contributed by atoms with E-state index in [1.165, 1.54) is 13.3 Å². The number of morpholine rings is 1. The number of rotatable bonds is 5. The van der Waals surface area contributed by atoms with Gasteiger partial charge >= 0.3 is 0 Å². The van der Waals surface area contributed by atoms with Gasteiger partial charge in [0, 0.05) is 18.7 Å². The van der Waals surface area contributed by atoms with Crippen molar-refractivity contribution in [2.24, 2.45) is 5.10 Å². The molecule has 2 aliphatic rings. The zero-order valence-corrected chi connectivity index (χ0v) is 13.9. The monoisotopic (exact) mass is 349 g/mol. The lowest BCUT2D eigenvalue weighted by Gasteiger charge is -2.27. The topological polar surface area (TPSA) is 92.1 Å². The molecule has 0 unspecified atom stereocenters. The van der Waals surface area contributed by atoms with Gasteiger partial charge in [0.15, 0.2) is 23.2 Å². The van der Waals surface area contributed by atoms with E-state index in [-0.39, 0.29) is 17.5 Å². The minimum atomic E-state index is -0.487. The maximum absolute atomic E-state index is 14.0. The Hall–Kier alpha value is -2.68. The van der Waals surface area contributed by atoms with Gasteiger partial charge in [-0.3, -0.25) is 0 Å². The number of ether oxygens (including phenoxy) is 2. The largest absolute Gasteiger partial charge is 0.504 e. The molecule has 134 valence electrons. The highest BCUT2D eigenvalue weighted by molar-refractivity contribution is 5.81. The number of halogens is 1. The second kappa shape index (κ2) is 7.93. The van der Waals surface area contributed by atoms with Crippen LogP contribution in [-0.4, -0.2) is 54.7 Å². The van der Waals surface area contributed by atoms with Gasteiger partial charge in [-0.2, -0.15) is 10.1 Å². The normalized spacial score (nSPS) is 18.5. The SMILES string of the molecule is COC1=CCCC(/C=N\Nc2ncc(F)c(N3CCOCC3)n2)=C1O. The summed E-state index contributed by atoms with van der Waals surface area (Å²) in [6.45, 7) is 2.22. The molecule has 1 fully saturated rings. The van der Waals surface area contributed by atoms with Crippen molar-refractivity contribution in [1.29, 1.82) is 0 Å². The van der Waals surface area contributed by atoms with Gasteiger partial charge in [-0.15, -0.1) is 0 Å². The first-order chi connectivity index (χ1) is 12.2. The highest BCUT2D eigenvalue weighted by atomic mass is 19.1. The van der Waals surface area contributed by atoms with E-state index in [1.807, 2.05) is 6.08 Å². The van der Waals surface area contributed by atoms with Crippen molar-refractivity contribution in [3.05, 3.63) is 35.2 Å². The average Bonchev–Trinajstić information content (AvgIpc) is 2.65. The van der Waals surface area contributed by atoms with Crippen LogP contribution >= 0.6 is 0 Å². The Bertz CT molecular complexity index is 714. The zero-order chi connectivity index (χ0) is 17.6. The van der Waals surface area contributed by atoms with Gasteiger partial charge in [0.1, 0.15) is 0 Å². The van der Waals surface area contributed by atoms with Crippen molar-refractivity contribution in [3.8, 4) is 0 Å². The molecule has 2 N–H and O–H groups in total. The molecule has 0 bridgehead atoms. The average molecular weight is 349 g/mol. The van der Waals surface area contributed by atoms with Gasteiger partial charge < -0.3 is 19.5 Å². The molecule has 3 rings (SSSR count). The van der Waals surface area contributed by atoms with Gasteiger partial charge in [0.05, 0.1) is 32.7 Å². The van der Waals surface area contributed by atoms with Crippen LogP contribution in [0, 0.1) is 5.82 Å². The quantitative estimate of drug-likeness (QED) is 0.620. The Morgan fingerprint density at radius 2 is 2.24 bits per heavy atom. The third kappa shape index (κ3) is 4.05. The number of aliphatic hydroxyl groups is 1. The highest BCUT2D eigenvalue weighted by Crippen LogP contribution is 2.22. The number of hydrogen-bond donors (Lipinski definition) is 2. The van der Waals surface area contributed by atoms with Crippen LogP contribution in [0.5, 0.6) is 0 Å². The summed E-state index contributed by atoms with van der Waals surface area (Å²) in [7, 11) is 1.50. The fraction of sp³-hybridized carbons (Fsp3) is 0.438. The molecule has 1 aromatic heterocycles. The maximum Gasteiger partial charge on any atom is 0.245 e. The molecular weight excluding hydrogens is 329 g/mol. The first-order valence-electron chi connectivity index (χ1n) is 8.00. The summed E-state index contributed by atoms with van der Waals surface area (Å²) in [5, 5.41) is 14.1. The summed E-state index contributed by atoms with van der Waals surface area (Å²) in [6, 6.07) is 0. The predicted molar refractivity (Wildman–Crippen MR) is 91.1 cm³/mol. The van der Waals surface area contributed by atoms with Gasteiger partial charge in [0.25, 0.3) is 0 Å². The lowest BCUT2D eigenvalue weighted by Crippen LogP contribution is -2.37. The van der Waals surface area contributed by atoms with E-state index >= 15 is 0 Å². The van der Waals surface area contributed by atoms with Crippen LogP contribution in [0.2, 0.25) is 0 Å². The third-order valence-electron chi connectivity index (χ3n) is 3.92. The lowest BCUT2D eigenvalue weighted by atomic mass is 10.0. The van der Waals surface area contributed by atoms with E-state index in [0.29, 0.717) is 44.1 Å². The van der Waals surface area contributed by atoms with E-state index in [1.54, 1.807) is 4.90 Å². The molecule has 0 spiro atoms. The number of methoxy groups -OCH3 is 1. The molecular formula is C16H20FN5O3. The Balaban J connectivity index is 1.70. The van der Waals surface area contributed by atoms with Crippen LogP contribution in [0.3, 0.4) is 0 Å². The molecule has 8 nitrogen and oxygen atoms in total.